The summed E-state index contributed by atoms with van der Waals surface area (Å²) in [6.07, 6.45) is 3.85. The third-order valence-corrected chi connectivity index (χ3v) is 5.19. The molecule has 4 atom stereocenters. The molecule has 1 saturated heterocycles. The zero-order valence-electron chi connectivity index (χ0n) is 13.0. The largest absolute Gasteiger partial charge is 0.464 e. The molecule has 1 aliphatic heterocycles. The second kappa shape index (κ2) is 5.53. The van der Waals surface area contributed by atoms with E-state index in [1.165, 1.54) is 25.0 Å². The Morgan fingerprint density at radius 2 is 2.15 bits per heavy atom. The van der Waals surface area contributed by atoms with Crippen LogP contribution in [0.5, 0.6) is 0 Å². The average molecular weight is 276 g/mol. The molecule has 3 heteroatoms. The van der Waals surface area contributed by atoms with E-state index in [1.807, 2.05) is 0 Å². The molecule has 1 aromatic heterocycles. The standard InChI is InChI=1S/C17H28N2O/c1-11(2)14-5-4-8-19(14)15(10-18)17-7-6-16(20-17)13-9-12(13)3/h6-7,11-15H,4-5,8-10,18H2,1-3H3. The molecule has 0 bridgehead atoms. The van der Waals surface area contributed by atoms with Crippen molar-refractivity contribution in [1.82, 2.24) is 4.90 Å². The van der Waals surface area contributed by atoms with E-state index in [9.17, 15) is 0 Å². The van der Waals surface area contributed by atoms with Gasteiger partial charge in [-0.05, 0) is 49.8 Å². The fourth-order valence-corrected chi connectivity index (χ4v) is 3.80. The summed E-state index contributed by atoms with van der Waals surface area (Å²) in [6.45, 7) is 8.73. The minimum absolute atomic E-state index is 0.257. The Kier molecular flexibility index (Phi) is 3.91. The fraction of sp³-hybridized carbons (Fsp3) is 0.765. The Morgan fingerprint density at radius 1 is 1.40 bits per heavy atom. The number of nitrogens with two attached hydrogens (primary N) is 1. The van der Waals surface area contributed by atoms with Crippen LogP contribution in [0, 0.1) is 11.8 Å². The van der Waals surface area contributed by atoms with Crippen LogP contribution in [0.3, 0.4) is 0 Å². The van der Waals surface area contributed by atoms with Crippen molar-refractivity contribution in [3.63, 3.8) is 0 Å². The molecule has 3 rings (SSSR count). The van der Waals surface area contributed by atoms with E-state index in [0.29, 0.717) is 24.4 Å². The van der Waals surface area contributed by atoms with Crippen molar-refractivity contribution < 1.29 is 4.42 Å². The number of furan rings is 1. The van der Waals surface area contributed by atoms with Crippen LogP contribution in [-0.4, -0.2) is 24.0 Å². The van der Waals surface area contributed by atoms with Gasteiger partial charge >= 0.3 is 0 Å². The highest BCUT2D eigenvalue weighted by Crippen LogP contribution is 2.48. The normalized spacial score (nSPS) is 31.9. The zero-order chi connectivity index (χ0) is 14.3. The molecule has 20 heavy (non-hydrogen) atoms. The molecular weight excluding hydrogens is 248 g/mol. The van der Waals surface area contributed by atoms with E-state index in [-0.39, 0.29) is 6.04 Å². The summed E-state index contributed by atoms with van der Waals surface area (Å²) in [5.74, 6) is 4.38. The molecule has 4 unspecified atom stereocenters. The molecule has 0 aromatic carbocycles. The molecule has 2 heterocycles. The molecule has 1 aliphatic carbocycles. The van der Waals surface area contributed by atoms with Gasteiger partial charge in [-0.25, -0.2) is 0 Å². The van der Waals surface area contributed by atoms with Crippen LogP contribution in [0.2, 0.25) is 0 Å². The van der Waals surface area contributed by atoms with E-state index >= 15 is 0 Å². The van der Waals surface area contributed by atoms with E-state index in [1.54, 1.807) is 0 Å². The Bertz CT molecular complexity index is 454. The van der Waals surface area contributed by atoms with Gasteiger partial charge < -0.3 is 10.2 Å². The Morgan fingerprint density at radius 3 is 2.75 bits per heavy atom. The predicted molar refractivity (Wildman–Crippen MR) is 81.6 cm³/mol. The van der Waals surface area contributed by atoms with Gasteiger partial charge in [-0.2, -0.15) is 0 Å². The van der Waals surface area contributed by atoms with Gasteiger partial charge in [0.1, 0.15) is 11.5 Å². The van der Waals surface area contributed by atoms with Crippen LogP contribution in [0.15, 0.2) is 16.5 Å². The van der Waals surface area contributed by atoms with Gasteiger partial charge in [-0.1, -0.05) is 20.8 Å². The summed E-state index contributed by atoms with van der Waals surface area (Å²) >= 11 is 0. The molecule has 2 aliphatic rings. The van der Waals surface area contributed by atoms with Crippen molar-refractivity contribution in [1.29, 1.82) is 0 Å². The maximum Gasteiger partial charge on any atom is 0.122 e. The first kappa shape index (κ1) is 14.2. The SMILES string of the molecule is CC(C)C1CCCN1C(CN)c1ccc(C2CC2C)o1. The van der Waals surface area contributed by atoms with E-state index in [0.717, 1.165) is 18.2 Å². The summed E-state index contributed by atoms with van der Waals surface area (Å²) in [7, 11) is 0. The smallest absolute Gasteiger partial charge is 0.122 e. The maximum absolute atomic E-state index is 6.15. The number of hydrogen-bond donors (Lipinski definition) is 1. The Labute approximate surface area is 122 Å². The average Bonchev–Trinajstić information content (AvgIpc) is 2.88. The predicted octanol–water partition coefficient (Wildman–Crippen LogP) is 3.52. The molecule has 0 spiro atoms. The van der Waals surface area contributed by atoms with E-state index in [2.05, 4.69) is 37.8 Å². The van der Waals surface area contributed by atoms with Crippen LogP contribution < -0.4 is 5.73 Å². The number of nitrogens with zero attached hydrogens (tertiary/aromatic N) is 1. The molecular formula is C17H28N2O. The monoisotopic (exact) mass is 276 g/mol. The zero-order valence-corrected chi connectivity index (χ0v) is 13.0. The fourth-order valence-electron chi connectivity index (χ4n) is 3.80. The second-order valence-electron chi connectivity index (χ2n) is 7.00. The van der Waals surface area contributed by atoms with Crippen molar-refractivity contribution in [3.8, 4) is 0 Å². The minimum atomic E-state index is 0.257. The first-order chi connectivity index (χ1) is 9.61. The molecule has 1 aromatic rings. The molecule has 0 radical (unpaired) electrons. The van der Waals surface area contributed by atoms with Crippen molar-refractivity contribution in [3.05, 3.63) is 23.7 Å². The van der Waals surface area contributed by atoms with E-state index in [4.69, 9.17) is 10.2 Å². The van der Waals surface area contributed by atoms with Crippen molar-refractivity contribution in [2.75, 3.05) is 13.1 Å². The van der Waals surface area contributed by atoms with Gasteiger partial charge in [0.05, 0.1) is 6.04 Å². The summed E-state index contributed by atoms with van der Waals surface area (Å²) < 4.78 is 6.15. The molecule has 3 nitrogen and oxygen atoms in total. The van der Waals surface area contributed by atoms with E-state index < -0.39 is 0 Å². The molecule has 1 saturated carbocycles. The highest BCUT2D eigenvalue weighted by Gasteiger charge is 2.38. The molecule has 0 amide bonds. The van der Waals surface area contributed by atoms with Crippen molar-refractivity contribution >= 4 is 0 Å². The summed E-state index contributed by atoms with van der Waals surface area (Å²) in [6, 6.07) is 5.24. The first-order valence-electron chi connectivity index (χ1n) is 8.17. The number of hydrogen-bond acceptors (Lipinski definition) is 3. The van der Waals surface area contributed by atoms with Gasteiger partial charge in [-0.15, -0.1) is 0 Å². The van der Waals surface area contributed by atoms with Crippen LogP contribution in [0.1, 0.15) is 63.5 Å². The summed E-state index contributed by atoms with van der Waals surface area (Å²) in [5.41, 5.74) is 6.07. The topological polar surface area (TPSA) is 42.4 Å². The minimum Gasteiger partial charge on any atom is -0.464 e. The van der Waals surface area contributed by atoms with Gasteiger partial charge in [0.25, 0.3) is 0 Å². The number of likely N-dealkylation sites (tertiary alicyclic amines) is 1. The highest BCUT2D eigenvalue weighted by molar-refractivity contribution is 5.20. The lowest BCUT2D eigenvalue weighted by Crippen LogP contribution is -2.39. The lowest BCUT2D eigenvalue weighted by atomic mass is 10.0. The van der Waals surface area contributed by atoms with Crippen molar-refractivity contribution in [2.45, 2.75) is 58.0 Å². The number of rotatable bonds is 5. The lowest BCUT2D eigenvalue weighted by molar-refractivity contribution is 0.132. The molecule has 112 valence electrons. The van der Waals surface area contributed by atoms with Crippen LogP contribution in [-0.2, 0) is 0 Å². The van der Waals surface area contributed by atoms with Crippen LogP contribution >= 0.6 is 0 Å². The lowest BCUT2D eigenvalue weighted by Gasteiger charge is -2.33. The maximum atomic E-state index is 6.15. The van der Waals surface area contributed by atoms with Gasteiger partial charge in [0.2, 0.25) is 0 Å². The van der Waals surface area contributed by atoms with Crippen LogP contribution in [0.4, 0.5) is 0 Å². The summed E-state index contributed by atoms with van der Waals surface area (Å²) in [5, 5.41) is 0. The highest BCUT2D eigenvalue weighted by atomic mass is 16.3. The van der Waals surface area contributed by atoms with Gasteiger partial charge in [-0.3, -0.25) is 4.90 Å². The second-order valence-corrected chi connectivity index (χ2v) is 7.00. The van der Waals surface area contributed by atoms with Crippen molar-refractivity contribution in [2.24, 2.45) is 17.6 Å². The third kappa shape index (κ3) is 2.53. The molecule has 2 N–H and O–H groups in total. The Balaban J connectivity index is 1.77. The first-order valence-corrected chi connectivity index (χ1v) is 8.17. The van der Waals surface area contributed by atoms with Gasteiger partial charge in [0, 0.05) is 18.5 Å². The quantitative estimate of drug-likeness (QED) is 0.894. The van der Waals surface area contributed by atoms with Gasteiger partial charge in [0.15, 0.2) is 0 Å². The molecule has 2 fully saturated rings. The summed E-state index contributed by atoms with van der Waals surface area (Å²) in [4.78, 5) is 2.57. The third-order valence-electron chi connectivity index (χ3n) is 5.19. The Hall–Kier alpha value is -0.800. The van der Waals surface area contributed by atoms with Crippen LogP contribution in [0.25, 0.3) is 0 Å².